The Morgan fingerprint density at radius 2 is 2.15 bits per heavy atom. The molecule has 0 aromatic heterocycles. The van der Waals surface area contributed by atoms with E-state index in [-0.39, 0.29) is 6.09 Å². The lowest BCUT2D eigenvalue weighted by atomic mass is 10.1. The molecule has 1 aliphatic heterocycles. The van der Waals surface area contributed by atoms with Gasteiger partial charge in [-0.15, -0.1) is 0 Å². The molecule has 1 amide bonds. The van der Waals surface area contributed by atoms with Crippen LogP contribution >= 0.6 is 0 Å². The van der Waals surface area contributed by atoms with Crippen molar-refractivity contribution < 1.29 is 9.53 Å². The Kier molecular flexibility index (Phi) is 5.41. The van der Waals surface area contributed by atoms with E-state index in [0.717, 1.165) is 25.1 Å². The van der Waals surface area contributed by atoms with Crippen molar-refractivity contribution in [2.24, 2.45) is 5.92 Å². The Morgan fingerprint density at radius 1 is 1.40 bits per heavy atom. The van der Waals surface area contributed by atoms with Gasteiger partial charge < -0.3 is 15.0 Å². The maximum atomic E-state index is 11.6. The molecule has 1 aliphatic rings. The lowest BCUT2D eigenvalue weighted by Crippen LogP contribution is -2.33. The third kappa shape index (κ3) is 4.53. The maximum Gasteiger partial charge on any atom is 0.407 e. The number of rotatable bonds is 5. The standard InChI is InChI=1S/C16H24N2O2/c1-13(2)18-9-8-15(11-18)10-17-16(19)20-12-14-6-4-3-5-7-14/h3-7,13,15H,8-12H2,1-2H3,(H,17,19). The third-order valence-electron chi connectivity index (χ3n) is 3.80. The van der Waals surface area contributed by atoms with Gasteiger partial charge in [-0.05, 0) is 38.3 Å². The molecule has 0 spiro atoms. The second kappa shape index (κ2) is 7.29. The topological polar surface area (TPSA) is 41.6 Å². The smallest absolute Gasteiger partial charge is 0.407 e. The zero-order valence-electron chi connectivity index (χ0n) is 12.3. The lowest BCUT2D eigenvalue weighted by molar-refractivity contribution is 0.138. The van der Waals surface area contributed by atoms with Crippen molar-refractivity contribution in [2.45, 2.75) is 32.9 Å². The molecule has 1 aromatic carbocycles. The molecule has 1 unspecified atom stereocenters. The van der Waals surface area contributed by atoms with Crippen LogP contribution in [0.2, 0.25) is 0 Å². The largest absolute Gasteiger partial charge is 0.445 e. The summed E-state index contributed by atoms with van der Waals surface area (Å²) in [5.74, 6) is 0.543. The molecule has 1 saturated heterocycles. The van der Waals surface area contributed by atoms with Crippen LogP contribution in [0.15, 0.2) is 30.3 Å². The quantitative estimate of drug-likeness (QED) is 0.899. The molecule has 0 radical (unpaired) electrons. The highest BCUT2D eigenvalue weighted by atomic mass is 16.5. The summed E-state index contributed by atoms with van der Waals surface area (Å²) in [4.78, 5) is 14.1. The average molecular weight is 276 g/mol. The number of nitrogens with zero attached hydrogens (tertiary/aromatic N) is 1. The average Bonchev–Trinajstić information content (AvgIpc) is 2.93. The number of alkyl carbamates (subject to hydrolysis) is 1. The second-order valence-electron chi connectivity index (χ2n) is 5.69. The summed E-state index contributed by atoms with van der Waals surface area (Å²) in [6.07, 6.45) is 0.828. The Morgan fingerprint density at radius 3 is 2.80 bits per heavy atom. The summed E-state index contributed by atoms with van der Waals surface area (Å²) in [6, 6.07) is 10.3. The Bertz CT molecular complexity index is 420. The number of hydrogen-bond donors (Lipinski definition) is 1. The van der Waals surface area contributed by atoms with E-state index >= 15 is 0 Å². The van der Waals surface area contributed by atoms with Crippen molar-refractivity contribution in [1.82, 2.24) is 10.2 Å². The molecule has 4 nitrogen and oxygen atoms in total. The van der Waals surface area contributed by atoms with E-state index in [2.05, 4.69) is 24.1 Å². The van der Waals surface area contributed by atoms with Gasteiger partial charge in [0.2, 0.25) is 0 Å². The number of amides is 1. The molecule has 1 atom stereocenters. The number of ether oxygens (including phenoxy) is 1. The highest BCUT2D eigenvalue weighted by Crippen LogP contribution is 2.17. The normalized spacial score (nSPS) is 19.2. The molecule has 1 heterocycles. The van der Waals surface area contributed by atoms with E-state index in [1.54, 1.807) is 0 Å². The van der Waals surface area contributed by atoms with Crippen molar-refractivity contribution in [2.75, 3.05) is 19.6 Å². The fourth-order valence-electron chi connectivity index (χ4n) is 2.50. The number of likely N-dealkylation sites (tertiary alicyclic amines) is 1. The van der Waals surface area contributed by atoms with Crippen LogP contribution in [0.25, 0.3) is 0 Å². The van der Waals surface area contributed by atoms with Crippen LogP contribution in [-0.2, 0) is 11.3 Å². The fraction of sp³-hybridized carbons (Fsp3) is 0.562. The summed E-state index contributed by atoms with van der Waals surface area (Å²) in [5, 5.41) is 2.87. The molecule has 1 aromatic rings. The molecule has 1 N–H and O–H groups in total. The van der Waals surface area contributed by atoms with Gasteiger partial charge >= 0.3 is 6.09 Å². The minimum Gasteiger partial charge on any atom is -0.445 e. The summed E-state index contributed by atoms with van der Waals surface area (Å²) < 4.78 is 5.20. The molecular formula is C16H24N2O2. The Balaban J connectivity index is 1.63. The highest BCUT2D eigenvalue weighted by Gasteiger charge is 2.24. The first-order valence-electron chi connectivity index (χ1n) is 7.33. The van der Waals surface area contributed by atoms with E-state index in [1.165, 1.54) is 0 Å². The van der Waals surface area contributed by atoms with Crippen molar-refractivity contribution in [3.8, 4) is 0 Å². The van der Waals surface area contributed by atoms with Gasteiger partial charge in [-0.1, -0.05) is 30.3 Å². The predicted octanol–water partition coefficient (Wildman–Crippen LogP) is 2.64. The van der Waals surface area contributed by atoms with Crippen LogP contribution in [0.4, 0.5) is 4.79 Å². The zero-order valence-corrected chi connectivity index (χ0v) is 12.3. The van der Waals surface area contributed by atoms with E-state index in [9.17, 15) is 4.79 Å². The molecule has 20 heavy (non-hydrogen) atoms. The van der Waals surface area contributed by atoms with Gasteiger partial charge in [-0.3, -0.25) is 0 Å². The molecule has 0 bridgehead atoms. The number of benzene rings is 1. The zero-order chi connectivity index (χ0) is 14.4. The number of nitrogens with one attached hydrogen (secondary N) is 1. The van der Waals surface area contributed by atoms with Gasteiger partial charge in [-0.25, -0.2) is 4.79 Å². The van der Waals surface area contributed by atoms with Gasteiger partial charge in [-0.2, -0.15) is 0 Å². The monoisotopic (exact) mass is 276 g/mol. The lowest BCUT2D eigenvalue weighted by Gasteiger charge is -2.20. The van der Waals surface area contributed by atoms with E-state index in [0.29, 0.717) is 25.1 Å². The Hall–Kier alpha value is -1.55. The summed E-state index contributed by atoms with van der Waals surface area (Å²) in [7, 11) is 0. The molecule has 1 fully saturated rings. The molecule has 4 heteroatoms. The third-order valence-corrected chi connectivity index (χ3v) is 3.80. The number of hydrogen-bond acceptors (Lipinski definition) is 3. The highest BCUT2D eigenvalue weighted by molar-refractivity contribution is 5.67. The van der Waals surface area contributed by atoms with E-state index in [4.69, 9.17) is 4.74 Å². The van der Waals surface area contributed by atoms with E-state index < -0.39 is 0 Å². The Labute approximate surface area is 121 Å². The van der Waals surface area contributed by atoms with Crippen LogP contribution in [0.3, 0.4) is 0 Å². The summed E-state index contributed by atoms with van der Waals surface area (Å²) >= 11 is 0. The van der Waals surface area contributed by atoms with Crippen molar-refractivity contribution in [3.05, 3.63) is 35.9 Å². The van der Waals surface area contributed by atoms with Gasteiger partial charge in [0, 0.05) is 19.1 Å². The van der Waals surface area contributed by atoms with Crippen molar-refractivity contribution in [3.63, 3.8) is 0 Å². The number of carbonyl (C=O) groups excluding carboxylic acids is 1. The van der Waals surface area contributed by atoms with Gasteiger partial charge in [0.05, 0.1) is 0 Å². The first kappa shape index (κ1) is 14.9. The van der Waals surface area contributed by atoms with Crippen LogP contribution in [0.5, 0.6) is 0 Å². The second-order valence-corrected chi connectivity index (χ2v) is 5.69. The summed E-state index contributed by atoms with van der Waals surface area (Å²) in [5.41, 5.74) is 1.01. The van der Waals surface area contributed by atoms with Crippen molar-refractivity contribution >= 4 is 6.09 Å². The van der Waals surface area contributed by atoms with Gasteiger partial charge in [0.1, 0.15) is 6.61 Å². The van der Waals surface area contributed by atoms with Crippen LogP contribution < -0.4 is 5.32 Å². The maximum absolute atomic E-state index is 11.6. The SMILES string of the molecule is CC(C)N1CCC(CNC(=O)OCc2ccccc2)C1. The summed E-state index contributed by atoms with van der Waals surface area (Å²) in [6.45, 7) is 7.65. The van der Waals surface area contributed by atoms with Gasteiger partial charge in [0.25, 0.3) is 0 Å². The molecule has 0 saturated carbocycles. The molecule has 2 rings (SSSR count). The first-order valence-corrected chi connectivity index (χ1v) is 7.33. The molecule has 110 valence electrons. The van der Waals surface area contributed by atoms with Crippen molar-refractivity contribution in [1.29, 1.82) is 0 Å². The fourth-order valence-corrected chi connectivity index (χ4v) is 2.50. The van der Waals surface area contributed by atoms with Crippen LogP contribution in [-0.4, -0.2) is 36.7 Å². The predicted molar refractivity (Wildman–Crippen MR) is 79.4 cm³/mol. The van der Waals surface area contributed by atoms with Gasteiger partial charge in [0.15, 0.2) is 0 Å². The van der Waals surface area contributed by atoms with Crippen LogP contribution in [0.1, 0.15) is 25.8 Å². The minimum atomic E-state index is -0.322. The van der Waals surface area contributed by atoms with Crippen LogP contribution in [0, 0.1) is 5.92 Å². The minimum absolute atomic E-state index is 0.322. The first-order chi connectivity index (χ1) is 9.65. The molecular weight excluding hydrogens is 252 g/mol. The molecule has 0 aliphatic carbocycles. The van der Waals surface area contributed by atoms with E-state index in [1.807, 2.05) is 30.3 Å². The number of carbonyl (C=O) groups is 1.